The number of benzene rings is 2. The summed E-state index contributed by atoms with van der Waals surface area (Å²) in [6, 6.07) is 20.9. The summed E-state index contributed by atoms with van der Waals surface area (Å²) in [5.74, 6) is -0.136. The normalized spacial score (nSPS) is 10.8. The lowest BCUT2D eigenvalue weighted by Crippen LogP contribution is -2.31. The number of rotatable bonds is 7. The van der Waals surface area contributed by atoms with E-state index < -0.39 is 0 Å². The van der Waals surface area contributed by atoms with Gasteiger partial charge in [0, 0.05) is 28.9 Å². The molecule has 142 valence electrons. The molecule has 0 saturated carbocycles. The molecule has 28 heavy (non-hydrogen) atoms. The molecule has 3 aromatic rings. The van der Waals surface area contributed by atoms with E-state index in [0.29, 0.717) is 18.7 Å². The van der Waals surface area contributed by atoms with Crippen molar-refractivity contribution in [1.82, 2.24) is 0 Å². The summed E-state index contributed by atoms with van der Waals surface area (Å²) >= 11 is 1.58. The summed E-state index contributed by atoms with van der Waals surface area (Å²) in [5, 5.41) is 4.80. The predicted molar refractivity (Wildman–Crippen MR) is 117 cm³/mol. The maximum absolute atomic E-state index is 12.7. The highest BCUT2D eigenvalue weighted by molar-refractivity contribution is 7.10. The van der Waals surface area contributed by atoms with Crippen molar-refractivity contribution in [2.45, 2.75) is 13.3 Å². The van der Waals surface area contributed by atoms with Crippen LogP contribution < -0.4 is 10.2 Å². The summed E-state index contributed by atoms with van der Waals surface area (Å²) in [7, 11) is 0. The molecule has 0 saturated heterocycles. The van der Waals surface area contributed by atoms with Gasteiger partial charge in [0.1, 0.15) is 0 Å². The maximum atomic E-state index is 12.7. The molecule has 0 aliphatic rings. The average Bonchev–Trinajstić information content (AvgIpc) is 3.23. The zero-order chi connectivity index (χ0) is 19.8. The number of carbonyl (C=O) groups excluding carboxylic acids is 2. The SMILES string of the molecule is CCN(C(=O)Cc1ccc(NC(=O)C=Cc2cccs2)cc1)c1ccccc1. The Balaban J connectivity index is 1.58. The Kier molecular flexibility index (Phi) is 6.76. The molecule has 0 bridgehead atoms. The van der Waals surface area contributed by atoms with Crippen LogP contribution in [0.1, 0.15) is 17.4 Å². The smallest absolute Gasteiger partial charge is 0.248 e. The van der Waals surface area contributed by atoms with Crippen molar-refractivity contribution in [2.24, 2.45) is 0 Å². The zero-order valence-corrected chi connectivity index (χ0v) is 16.5. The second kappa shape index (κ2) is 9.67. The number of hydrogen-bond acceptors (Lipinski definition) is 3. The minimum atomic E-state index is -0.182. The molecule has 4 nitrogen and oxygen atoms in total. The van der Waals surface area contributed by atoms with Gasteiger partial charge in [-0.15, -0.1) is 11.3 Å². The molecule has 3 rings (SSSR count). The number of likely N-dealkylation sites (N-methyl/N-ethyl adjacent to an activating group) is 1. The van der Waals surface area contributed by atoms with Crippen LogP contribution in [0, 0.1) is 0 Å². The Hall–Kier alpha value is -3.18. The summed E-state index contributed by atoms with van der Waals surface area (Å²) in [6.07, 6.45) is 3.62. The van der Waals surface area contributed by atoms with Crippen molar-refractivity contribution in [3.63, 3.8) is 0 Å². The van der Waals surface area contributed by atoms with E-state index in [1.807, 2.05) is 79.0 Å². The Bertz CT molecular complexity index is 933. The molecule has 2 aromatic carbocycles. The molecule has 0 spiro atoms. The minimum Gasteiger partial charge on any atom is -0.323 e. The van der Waals surface area contributed by atoms with Gasteiger partial charge < -0.3 is 10.2 Å². The van der Waals surface area contributed by atoms with Crippen molar-refractivity contribution >= 4 is 40.6 Å². The van der Waals surface area contributed by atoms with Gasteiger partial charge in [-0.3, -0.25) is 9.59 Å². The standard InChI is InChI=1S/C23H22N2O2S/c1-2-25(20-7-4-3-5-8-20)23(27)17-18-10-12-19(13-11-18)24-22(26)15-14-21-9-6-16-28-21/h3-16H,2,17H2,1H3,(H,24,26). The van der Waals surface area contributed by atoms with Crippen molar-refractivity contribution < 1.29 is 9.59 Å². The van der Waals surface area contributed by atoms with E-state index in [-0.39, 0.29) is 11.8 Å². The second-order valence-corrected chi connectivity index (χ2v) is 7.16. The summed E-state index contributed by atoms with van der Waals surface area (Å²) in [6.45, 7) is 2.58. The highest BCUT2D eigenvalue weighted by Gasteiger charge is 2.14. The van der Waals surface area contributed by atoms with Crippen LogP contribution in [-0.4, -0.2) is 18.4 Å². The van der Waals surface area contributed by atoms with Crippen molar-refractivity contribution in [1.29, 1.82) is 0 Å². The highest BCUT2D eigenvalue weighted by Crippen LogP contribution is 2.16. The molecule has 1 aromatic heterocycles. The minimum absolute atomic E-state index is 0.0457. The number of amides is 2. The van der Waals surface area contributed by atoms with E-state index in [2.05, 4.69) is 5.32 Å². The first-order valence-corrected chi connectivity index (χ1v) is 10.0. The van der Waals surface area contributed by atoms with E-state index in [4.69, 9.17) is 0 Å². The Morgan fingerprint density at radius 2 is 1.75 bits per heavy atom. The molecular weight excluding hydrogens is 368 g/mol. The van der Waals surface area contributed by atoms with E-state index in [9.17, 15) is 9.59 Å². The number of para-hydroxylation sites is 1. The van der Waals surface area contributed by atoms with Gasteiger partial charge in [-0.25, -0.2) is 0 Å². The van der Waals surface area contributed by atoms with Crippen LogP contribution in [0.15, 0.2) is 78.2 Å². The molecule has 0 fully saturated rings. The maximum Gasteiger partial charge on any atom is 0.248 e. The lowest BCUT2D eigenvalue weighted by molar-refractivity contribution is -0.118. The third kappa shape index (κ3) is 5.41. The summed E-state index contributed by atoms with van der Waals surface area (Å²) < 4.78 is 0. The van der Waals surface area contributed by atoms with Crippen molar-refractivity contribution in [2.75, 3.05) is 16.8 Å². The van der Waals surface area contributed by atoms with Gasteiger partial charge in [0.15, 0.2) is 0 Å². The fourth-order valence-electron chi connectivity index (χ4n) is 2.81. The lowest BCUT2D eigenvalue weighted by Gasteiger charge is -2.21. The third-order valence-electron chi connectivity index (χ3n) is 4.20. The molecule has 0 atom stereocenters. The monoisotopic (exact) mass is 390 g/mol. The molecule has 0 aliphatic carbocycles. The number of nitrogens with zero attached hydrogens (tertiary/aromatic N) is 1. The zero-order valence-electron chi connectivity index (χ0n) is 15.7. The average molecular weight is 391 g/mol. The summed E-state index contributed by atoms with van der Waals surface area (Å²) in [4.78, 5) is 27.5. The fourth-order valence-corrected chi connectivity index (χ4v) is 3.43. The van der Waals surface area contributed by atoms with Crippen LogP contribution in [-0.2, 0) is 16.0 Å². The predicted octanol–water partition coefficient (Wildman–Crippen LogP) is 5.00. The number of carbonyl (C=O) groups is 2. The van der Waals surface area contributed by atoms with Gasteiger partial charge in [0.05, 0.1) is 6.42 Å². The van der Waals surface area contributed by atoms with Crippen LogP contribution in [0.2, 0.25) is 0 Å². The number of thiophene rings is 1. The van der Waals surface area contributed by atoms with Gasteiger partial charge in [-0.1, -0.05) is 36.4 Å². The first-order chi connectivity index (χ1) is 13.7. The van der Waals surface area contributed by atoms with Gasteiger partial charge in [-0.2, -0.15) is 0 Å². The third-order valence-corrected chi connectivity index (χ3v) is 5.04. The van der Waals surface area contributed by atoms with E-state index in [0.717, 1.165) is 16.1 Å². The second-order valence-electron chi connectivity index (χ2n) is 6.19. The van der Waals surface area contributed by atoms with Crippen LogP contribution in [0.5, 0.6) is 0 Å². The Morgan fingerprint density at radius 3 is 2.39 bits per heavy atom. The van der Waals surface area contributed by atoms with Gasteiger partial charge in [0.25, 0.3) is 0 Å². The Labute approximate surface area is 169 Å². The van der Waals surface area contributed by atoms with Crippen molar-refractivity contribution in [3.8, 4) is 0 Å². The summed E-state index contributed by atoms with van der Waals surface area (Å²) in [5.41, 5.74) is 2.51. The molecule has 0 unspecified atom stereocenters. The van der Waals surface area contributed by atoms with Gasteiger partial charge in [0.2, 0.25) is 11.8 Å². The molecule has 1 heterocycles. The number of anilines is 2. The number of nitrogens with one attached hydrogen (secondary N) is 1. The van der Waals surface area contributed by atoms with Gasteiger partial charge in [-0.05, 0) is 54.3 Å². The molecule has 2 amide bonds. The lowest BCUT2D eigenvalue weighted by atomic mass is 10.1. The highest BCUT2D eigenvalue weighted by atomic mass is 32.1. The first-order valence-electron chi connectivity index (χ1n) is 9.12. The molecule has 0 radical (unpaired) electrons. The molecule has 5 heteroatoms. The number of hydrogen-bond donors (Lipinski definition) is 1. The first kappa shape index (κ1) is 19.6. The van der Waals surface area contributed by atoms with Crippen LogP contribution in [0.4, 0.5) is 11.4 Å². The van der Waals surface area contributed by atoms with E-state index in [1.165, 1.54) is 6.08 Å². The van der Waals surface area contributed by atoms with E-state index >= 15 is 0 Å². The van der Waals surface area contributed by atoms with Crippen LogP contribution in [0.3, 0.4) is 0 Å². The molecular formula is C23H22N2O2S. The molecule has 1 N–H and O–H groups in total. The topological polar surface area (TPSA) is 49.4 Å². The van der Waals surface area contributed by atoms with Crippen molar-refractivity contribution in [3.05, 3.63) is 88.6 Å². The van der Waals surface area contributed by atoms with Crippen LogP contribution in [0.25, 0.3) is 6.08 Å². The quantitative estimate of drug-likeness (QED) is 0.578. The van der Waals surface area contributed by atoms with Gasteiger partial charge >= 0.3 is 0 Å². The largest absolute Gasteiger partial charge is 0.323 e. The molecule has 0 aliphatic heterocycles. The van der Waals surface area contributed by atoms with E-state index in [1.54, 1.807) is 22.3 Å². The van der Waals surface area contributed by atoms with Crippen LogP contribution >= 0.6 is 11.3 Å². The fraction of sp³-hybridized carbons (Fsp3) is 0.130. The Morgan fingerprint density at radius 1 is 1.00 bits per heavy atom.